The summed E-state index contributed by atoms with van der Waals surface area (Å²) in [5.74, 6) is 0. The van der Waals surface area contributed by atoms with Gasteiger partial charge in [0.1, 0.15) is 0 Å². The molecule has 0 saturated heterocycles. The van der Waals surface area contributed by atoms with Crippen molar-refractivity contribution in [2.75, 3.05) is 0 Å². The maximum absolute atomic E-state index is 13.3. The second-order valence-electron chi connectivity index (χ2n) is 7.26. The number of hydrogen-bond donors (Lipinski definition) is 1. The number of benzene rings is 2. The Morgan fingerprint density at radius 1 is 1.04 bits per heavy atom. The fourth-order valence-electron chi connectivity index (χ4n) is 3.99. The van der Waals surface area contributed by atoms with Gasteiger partial charge in [0.25, 0.3) is 0 Å². The Balaban J connectivity index is 1.84. The fraction of sp³-hybridized carbons (Fsp3) is 0.333. The first-order valence-corrected chi connectivity index (χ1v) is 10.0. The predicted molar refractivity (Wildman–Crippen MR) is 110 cm³/mol. The number of halogens is 2. The van der Waals surface area contributed by atoms with Gasteiger partial charge in [0, 0.05) is 6.04 Å². The second-order valence-corrected chi connectivity index (χ2v) is 8.08. The standard InChI is InChI=1S/C21H19Cl2N3O2/c22-17-7-1-14(9-18(17)23)12-25-20-10-13(11-24)2-8-19(20)26(21(25)28)15-3-5-16(27)6-4-15/h1-2,7-10,15-16,27H,3-6,12H2. The van der Waals surface area contributed by atoms with E-state index < -0.39 is 0 Å². The average molecular weight is 416 g/mol. The van der Waals surface area contributed by atoms with Crippen LogP contribution in [0, 0.1) is 11.3 Å². The van der Waals surface area contributed by atoms with Crippen LogP contribution in [0.4, 0.5) is 0 Å². The number of aliphatic hydroxyl groups excluding tert-OH is 1. The van der Waals surface area contributed by atoms with Crippen LogP contribution in [0.3, 0.4) is 0 Å². The molecule has 1 N–H and O–H groups in total. The van der Waals surface area contributed by atoms with Crippen molar-refractivity contribution in [3.63, 3.8) is 0 Å². The van der Waals surface area contributed by atoms with Gasteiger partial charge in [-0.15, -0.1) is 0 Å². The summed E-state index contributed by atoms with van der Waals surface area (Å²) in [4.78, 5) is 13.3. The number of imidazole rings is 1. The third-order valence-electron chi connectivity index (χ3n) is 5.45. The fourth-order valence-corrected chi connectivity index (χ4v) is 4.31. The zero-order valence-corrected chi connectivity index (χ0v) is 16.6. The minimum Gasteiger partial charge on any atom is -0.393 e. The van der Waals surface area contributed by atoms with E-state index in [1.165, 1.54) is 0 Å². The molecule has 0 bridgehead atoms. The first kappa shape index (κ1) is 19.1. The Morgan fingerprint density at radius 2 is 1.79 bits per heavy atom. The molecule has 1 aromatic heterocycles. The van der Waals surface area contributed by atoms with E-state index in [-0.39, 0.29) is 17.8 Å². The molecule has 1 heterocycles. The minimum atomic E-state index is -0.290. The first-order chi connectivity index (χ1) is 13.5. The summed E-state index contributed by atoms with van der Waals surface area (Å²) in [6.45, 7) is 0.337. The van der Waals surface area contributed by atoms with Gasteiger partial charge in [0.15, 0.2) is 0 Å². The van der Waals surface area contributed by atoms with E-state index in [2.05, 4.69) is 6.07 Å². The SMILES string of the molecule is N#Cc1ccc2c(c1)n(Cc1ccc(Cl)c(Cl)c1)c(=O)n2C1CCC(O)CC1. The molecule has 0 unspecified atom stereocenters. The van der Waals surface area contributed by atoms with Gasteiger partial charge in [-0.05, 0) is 61.6 Å². The van der Waals surface area contributed by atoms with Crippen molar-refractivity contribution in [3.05, 3.63) is 68.1 Å². The number of nitrogens with zero attached hydrogens (tertiary/aromatic N) is 3. The lowest BCUT2D eigenvalue weighted by atomic mass is 9.93. The van der Waals surface area contributed by atoms with Crippen molar-refractivity contribution in [2.24, 2.45) is 0 Å². The zero-order chi connectivity index (χ0) is 19.8. The molecule has 0 spiro atoms. The van der Waals surface area contributed by atoms with Gasteiger partial charge in [0.05, 0.1) is 45.4 Å². The highest BCUT2D eigenvalue weighted by Gasteiger charge is 2.25. The summed E-state index contributed by atoms with van der Waals surface area (Å²) in [5, 5.41) is 20.0. The molecule has 144 valence electrons. The zero-order valence-electron chi connectivity index (χ0n) is 15.1. The highest BCUT2D eigenvalue weighted by atomic mass is 35.5. The summed E-state index contributed by atoms with van der Waals surface area (Å²) in [6.07, 6.45) is 2.60. The van der Waals surface area contributed by atoms with Crippen LogP contribution >= 0.6 is 23.2 Å². The first-order valence-electron chi connectivity index (χ1n) is 9.25. The van der Waals surface area contributed by atoms with Crippen molar-refractivity contribution in [1.82, 2.24) is 9.13 Å². The smallest absolute Gasteiger partial charge is 0.329 e. The summed E-state index contributed by atoms with van der Waals surface area (Å²) in [5.41, 5.74) is 2.79. The highest BCUT2D eigenvalue weighted by Crippen LogP contribution is 2.31. The molecule has 0 radical (unpaired) electrons. The van der Waals surface area contributed by atoms with E-state index in [0.717, 1.165) is 29.4 Å². The Kier molecular flexibility index (Phi) is 5.20. The van der Waals surface area contributed by atoms with Crippen molar-refractivity contribution < 1.29 is 5.11 Å². The lowest BCUT2D eigenvalue weighted by molar-refractivity contribution is 0.110. The molecule has 7 heteroatoms. The molecule has 1 aliphatic rings. The van der Waals surface area contributed by atoms with Gasteiger partial charge < -0.3 is 5.11 Å². The van der Waals surface area contributed by atoms with Crippen LogP contribution in [-0.4, -0.2) is 20.3 Å². The Bertz CT molecular complexity index is 1130. The van der Waals surface area contributed by atoms with Crippen LogP contribution in [0.15, 0.2) is 41.2 Å². The number of hydrogen-bond acceptors (Lipinski definition) is 3. The molecule has 0 atom stereocenters. The molecule has 28 heavy (non-hydrogen) atoms. The van der Waals surface area contributed by atoms with Crippen molar-refractivity contribution >= 4 is 34.2 Å². The van der Waals surface area contributed by atoms with Gasteiger partial charge in [-0.3, -0.25) is 9.13 Å². The number of rotatable bonds is 3. The molecule has 4 rings (SSSR count). The Hall–Kier alpha value is -2.26. The van der Waals surface area contributed by atoms with E-state index in [0.29, 0.717) is 35.0 Å². The third kappa shape index (κ3) is 3.44. The molecule has 5 nitrogen and oxygen atoms in total. The predicted octanol–water partition coefficient (Wildman–Crippen LogP) is 4.51. The molecule has 0 amide bonds. The summed E-state index contributed by atoms with van der Waals surface area (Å²) < 4.78 is 3.50. The van der Waals surface area contributed by atoms with E-state index in [9.17, 15) is 15.2 Å². The lowest BCUT2D eigenvalue weighted by Crippen LogP contribution is -2.31. The molecule has 1 saturated carbocycles. The van der Waals surface area contributed by atoms with E-state index in [4.69, 9.17) is 23.2 Å². The van der Waals surface area contributed by atoms with Crippen LogP contribution in [0.1, 0.15) is 42.9 Å². The highest BCUT2D eigenvalue weighted by molar-refractivity contribution is 6.42. The molecule has 3 aromatic rings. The van der Waals surface area contributed by atoms with Crippen LogP contribution < -0.4 is 5.69 Å². The Labute approximate surface area is 172 Å². The molecule has 2 aromatic carbocycles. The molecule has 1 aliphatic carbocycles. The van der Waals surface area contributed by atoms with Gasteiger partial charge in [0.2, 0.25) is 0 Å². The van der Waals surface area contributed by atoms with Gasteiger partial charge >= 0.3 is 5.69 Å². The van der Waals surface area contributed by atoms with Crippen molar-refractivity contribution in [1.29, 1.82) is 5.26 Å². The molecule has 0 aliphatic heterocycles. The monoisotopic (exact) mass is 415 g/mol. The van der Waals surface area contributed by atoms with Gasteiger partial charge in [-0.2, -0.15) is 5.26 Å². The number of fused-ring (bicyclic) bond motifs is 1. The minimum absolute atomic E-state index is 0.0430. The van der Waals surface area contributed by atoms with Crippen LogP contribution in [0.5, 0.6) is 0 Å². The second kappa shape index (κ2) is 7.63. The quantitative estimate of drug-likeness (QED) is 0.683. The third-order valence-corrected chi connectivity index (χ3v) is 6.19. The number of nitriles is 1. The van der Waals surface area contributed by atoms with Crippen LogP contribution in [0.25, 0.3) is 11.0 Å². The summed E-state index contributed by atoms with van der Waals surface area (Å²) >= 11 is 12.1. The average Bonchev–Trinajstić information content (AvgIpc) is 2.96. The van der Waals surface area contributed by atoms with Gasteiger partial charge in [-0.1, -0.05) is 29.3 Å². The topological polar surface area (TPSA) is 71.0 Å². The summed E-state index contributed by atoms with van der Waals surface area (Å²) in [6, 6.07) is 12.8. The van der Waals surface area contributed by atoms with E-state index in [1.54, 1.807) is 28.8 Å². The van der Waals surface area contributed by atoms with Crippen molar-refractivity contribution in [3.8, 4) is 6.07 Å². The molecular formula is C21H19Cl2N3O2. The van der Waals surface area contributed by atoms with Crippen LogP contribution in [-0.2, 0) is 6.54 Å². The largest absolute Gasteiger partial charge is 0.393 e. The van der Waals surface area contributed by atoms with Crippen molar-refractivity contribution in [2.45, 2.75) is 44.4 Å². The van der Waals surface area contributed by atoms with E-state index in [1.807, 2.05) is 16.7 Å². The maximum Gasteiger partial charge on any atom is 0.329 e. The van der Waals surface area contributed by atoms with Crippen LogP contribution in [0.2, 0.25) is 10.0 Å². The number of aliphatic hydroxyl groups is 1. The summed E-state index contributed by atoms with van der Waals surface area (Å²) in [7, 11) is 0. The number of aromatic nitrogens is 2. The molecule has 1 fully saturated rings. The van der Waals surface area contributed by atoms with Gasteiger partial charge in [-0.25, -0.2) is 4.79 Å². The maximum atomic E-state index is 13.3. The Morgan fingerprint density at radius 3 is 2.46 bits per heavy atom. The molecular weight excluding hydrogens is 397 g/mol. The lowest BCUT2D eigenvalue weighted by Gasteiger charge is -2.26. The van der Waals surface area contributed by atoms with E-state index >= 15 is 0 Å². The normalized spacial score (nSPS) is 19.6.